The second-order valence-electron chi connectivity index (χ2n) is 2.76. The van der Waals surface area contributed by atoms with Crippen molar-refractivity contribution in [3.8, 4) is 0 Å². The average molecular weight is 162 g/mol. The topological polar surface area (TPSA) is 13.1 Å². The van der Waals surface area contributed by atoms with Gasteiger partial charge in [0.05, 0.1) is 6.26 Å². The third-order valence-electron chi connectivity index (χ3n) is 2.00. The maximum absolute atomic E-state index is 5.30. The average Bonchev–Trinajstić information content (AvgIpc) is 2.58. The summed E-state index contributed by atoms with van der Waals surface area (Å²) in [5, 5.41) is 0. The van der Waals surface area contributed by atoms with Crippen molar-refractivity contribution in [3.63, 3.8) is 0 Å². The van der Waals surface area contributed by atoms with Crippen molar-refractivity contribution in [1.29, 1.82) is 0 Å². The molecule has 0 aromatic carbocycles. The molecule has 1 heterocycles. The highest BCUT2D eigenvalue weighted by Crippen LogP contribution is 2.27. The molecule has 1 heteroatoms. The van der Waals surface area contributed by atoms with E-state index in [4.69, 9.17) is 4.42 Å². The first-order valence-electron chi connectivity index (χ1n) is 4.14. The molecule has 0 fully saturated rings. The first kappa shape index (κ1) is 8.85. The van der Waals surface area contributed by atoms with Crippen molar-refractivity contribution >= 4 is 0 Å². The van der Waals surface area contributed by atoms with Gasteiger partial charge in [0.2, 0.25) is 0 Å². The molecule has 0 radical (unpaired) electrons. The fourth-order valence-electron chi connectivity index (χ4n) is 1.28. The molecule has 64 valence electrons. The summed E-state index contributed by atoms with van der Waals surface area (Å²) in [6.07, 6.45) is 4.48. The van der Waals surface area contributed by atoms with Crippen molar-refractivity contribution in [2.75, 3.05) is 0 Å². The molecule has 0 saturated heterocycles. The molecule has 1 aromatic rings. The van der Waals surface area contributed by atoms with E-state index in [1.807, 2.05) is 12.1 Å². The van der Waals surface area contributed by atoms with Crippen LogP contribution < -0.4 is 0 Å². The quantitative estimate of drug-likeness (QED) is 0.617. The van der Waals surface area contributed by atoms with Gasteiger partial charge in [0.25, 0.3) is 0 Å². The Morgan fingerprint density at radius 1 is 1.75 bits per heavy atom. The number of furan rings is 1. The molecular weight excluding hydrogens is 148 g/mol. The summed E-state index contributed by atoms with van der Waals surface area (Å²) in [6, 6.07) is 3.87. The third kappa shape index (κ3) is 1.67. The minimum Gasteiger partial charge on any atom is -0.469 e. The minimum atomic E-state index is 0.289. The fraction of sp³-hybridized carbons (Fsp3) is 0.273. The normalized spacial score (nSPS) is 12.4. The predicted octanol–water partition coefficient (Wildman–Crippen LogP) is 3.52. The number of hydrogen-bond acceptors (Lipinski definition) is 1. The monoisotopic (exact) mass is 162 g/mol. The lowest BCUT2D eigenvalue weighted by atomic mass is 9.95. The first-order valence-corrected chi connectivity index (χ1v) is 4.14. The lowest BCUT2D eigenvalue weighted by Gasteiger charge is -2.11. The molecule has 1 rings (SSSR count). The maximum atomic E-state index is 5.30. The molecule has 0 aliphatic heterocycles. The second kappa shape index (κ2) is 3.96. The zero-order valence-electron chi connectivity index (χ0n) is 7.42. The van der Waals surface area contributed by atoms with Crippen molar-refractivity contribution in [1.82, 2.24) is 0 Å². The highest BCUT2D eigenvalue weighted by atomic mass is 16.3. The standard InChI is InChI=1S/C11H14O/c1-4-9(3)10(5-2)11-7-6-8-12-11/h4,6-8,10H,1,3,5H2,2H3. The Kier molecular flexibility index (Phi) is 2.92. The number of allylic oxidation sites excluding steroid dienone is 2. The van der Waals surface area contributed by atoms with Gasteiger partial charge in [0.1, 0.15) is 5.76 Å². The molecule has 0 spiro atoms. The molecule has 0 bridgehead atoms. The molecule has 1 atom stereocenters. The maximum Gasteiger partial charge on any atom is 0.111 e. The first-order chi connectivity index (χ1) is 5.79. The molecular formula is C11H14O. The summed E-state index contributed by atoms with van der Waals surface area (Å²) in [4.78, 5) is 0. The summed E-state index contributed by atoms with van der Waals surface area (Å²) < 4.78 is 5.30. The van der Waals surface area contributed by atoms with Gasteiger partial charge < -0.3 is 4.42 Å². The molecule has 0 saturated carbocycles. The van der Waals surface area contributed by atoms with Gasteiger partial charge in [-0.25, -0.2) is 0 Å². The Labute approximate surface area is 73.4 Å². The summed E-state index contributed by atoms with van der Waals surface area (Å²) in [7, 11) is 0. The number of hydrogen-bond donors (Lipinski definition) is 0. The van der Waals surface area contributed by atoms with Crippen LogP contribution in [-0.2, 0) is 0 Å². The van der Waals surface area contributed by atoms with Gasteiger partial charge in [0.15, 0.2) is 0 Å². The van der Waals surface area contributed by atoms with Crippen molar-refractivity contribution in [3.05, 3.63) is 49.0 Å². The smallest absolute Gasteiger partial charge is 0.111 e. The van der Waals surface area contributed by atoms with Gasteiger partial charge in [-0.2, -0.15) is 0 Å². The van der Waals surface area contributed by atoms with Gasteiger partial charge in [-0.05, 0) is 24.1 Å². The molecule has 1 nitrogen and oxygen atoms in total. The lowest BCUT2D eigenvalue weighted by molar-refractivity contribution is 0.480. The summed E-state index contributed by atoms with van der Waals surface area (Å²) in [5.41, 5.74) is 1.02. The molecule has 1 aromatic heterocycles. The van der Waals surface area contributed by atoms with E-state index < -0.39 is 0 Å². The Morgan fingerprint density at radius 3 is 2.92 bits per heavy atom. The van der Waals surface area contributed by atoms with Crippen LogP contribution in [0.2, 0.25) is 0 Å². The third-order valence-corrected chi connectivity index (χ3v) is 2.00. The summed E-state index contributed by atoms with van der Waals surface area (Å²) >= 11 is 0. The predicted molar refractivity (Wildman–Crippen MR) is 51.1 cm³/mol. The second-order valence-corrected chi connectivity index (χ2v) is 2.76. The highest BCUT2D eigenvalue weighted by molar-refractivity contribution is 5.26. The Morgan fingerprint density at radius 2 is 2.50 bits per heavy atom. The van der Waals surface area contributed by atoms with Crippen LogP contribution in [0.25, 0.3) is 0 Å². The van der Waals surface area contributed by atoms with Gasteiger partial charge in [-0.15, -0.1) is 0 Å². The zero-order chi connectivity index (χ0) is 8.97. The number of rotatable bonds is 4. The Bertz CT molecular complexity index is 257. The molecule has 0 aliphatic rings. The van der Waals surface area contributed by atoms with Crippen LogP contribution in [0.5, 0.6) is 0 Å². The summed E-state index contributed by atoms with van der Waals surface area (Å²) in [5.74, 6) is 1.26. The van der Waals surface area contributed by atoms with E-state index in [0.717, 1.165) is 17.8 Å². The highest BCUT2D eigenvalue weighted by Gasteiger charge is 2.12. The van der Waals surface area contributed by atoms with Crippen LogP contribution >= 0.6 is 0 Å². The summed E-state index contributed by atoms with van der Waals surface area (Å²) in [6.45, 7) is 9.73. The molecule has 0 amide bonds. The van der Waals surface area contributed by atoms with Crippen molar-refractivity contribution in [2.45, 2.75) is 19.3 Å². The van der Waals surface area contributed by atoms with E-state index in [9.17, 15) is 0 Å². The molecule has 12 heavy (non-hydrogen) atoms. The molecule has 0 aliphatic carbocycles. The minimum absolute atomic E-state index is 0.289. The van der Waals surface area contributed by atoms with Crippen LogP contribution in [-0.4, -0.2) is 0 Å². The molecule has 0 N–H and O–H groups in total. The SMILES string of the molecule is C=CC(=C)C(CC)c1ccco1. The zero-order valence-corrected chi connectivity index (χ0v) is 7.42. The Hall–Kier alpha value is -1.24. The van der Waals surface area contributed by atoms with E-state index in [0.29, 0.717) is 0 Å². The van der Waals surface area contributed by atoms with E-state index in [1.165, 1.54) is 0 Å². The largest absolute Gasteiger partial charge is 0.469 e. The van der Waals surface area contributed by atoms with E-state index >= 15 is 0 Å². The van der Waals surface area contributed by atoms with Crippen LogP contribution in [0, 0.1) is 0 Å². The van der Waals surface area contributed by atoms with Gasteiger partial charge in [-0.1, -0.05) is 26.2 Å². The van der Waals surface area contributed by atoms with Gasteiger partial charge >= 0.3 is 0 Å². The lowest BCUT2D eigenvalue weighted by Crippen LogP contribution is -1.96. The van der Waals surface area contributed by atoms with Crippen LogP contribution in [0.3, 0.4) is 0 Å². The van der Waals surface area contributed by atoms with E-state index in [1.54, 1.807) is 12.3 Å². The Balaban J connectivity index is 2.83. The van der Waals surface area contributed by atoms with Gasteiger partial charge in [0, 0.05) is 5.92 Å². The van der Waals surface area contributed by atoms with Crippen LogP contribution in [0.1, 0.15) is 25.0 Å². The van der Waals surface area contributed by atoms with E-state index in [-0.39, 0.29) is 5.92 Å². The van der Waals surface area contributed by atoms with E-state index in [2.05, 4.69) is 20.1 Å². The van der Waals surface area contributed by atoms with Crippen molar-refractivity contribution < 1.29 is 4.42 Å². The molecule has 1 unspecified atom stereocenters. The fourth-order valence-corrected chi connectivity index (χ4v) is 1.28. The van der Waals surface area contributed by atoms with Crippen LogP contribution in [0.15, 0.2) is 47.6 Å². The van der Waals surface area contributed by atoms with Gasteiger partial charge in [-0.3, -0.25) is 0 Å². The van der Waals surface area contributed by atoms with Crippen LogP contribution in [0.4, 0.5) is 0 Å². The van der Waals surface area contributed by atoms with Crippen molar-refractivity contribution in [2.24, 2.45) is 0 Å².